The molecule has 0 saturated carbocycles. The van der Waals surface area contributed by atoms with E-state index in [0.29, 0.717) is 23.8 Å². The zero-order chi connectivity index (χ0) is 18.4. The minimum absolute atomic E-state index is 0.0125. The summed E-state index contributed by atoms with van der Waals surface area (Å²) in [4.78, 5) is 32.8. The third-order valence-corrected chi connectivity index (χ3v) is 4.80. The summed E-state index contributed by atoms with van der Waals surface area (Å²) in [5.41, 5.74) is 1.41. The normalized spacial score (nSPS) is 10.8. The predicted molar refractivity (Wildman–Crippen MR) is 104 cm³/mol. The molecule has 8 heteroatoms. The molecule has 0 saturated heterocycles. The Morgan fingerprint density at radius 3 is 2.44 bits per heavy atom. The van der Waals surface area contributed by atoms with E-state index < -0.39 is 0 Å². The number of amides is 2. The molecule has 2 amide bonds. The number of thiazole rings is 1. The summed E-state index contributed by atoms with van der Waals surface area (Å²) < 4.78 is 0.903. The van der Waals surface area contributed by atoms with E-state index in [1.54, 1.807) is 17.0 Å². The molecule has 0 aliphatic carbocycles. The van der Waals surface area contributed by atoms with Crippen LogP contribution in [0.5, 0.6) is 0 Å². The van der Waals surface area contributed by atoms with Gasteiger partial charge in [0.05, 0.1) is 5.69 Å². The first-order valence-corrected chi connectivity index (χ1v) is 9.44. The Morgan fingerprint density at radius 1 is 1.20 bits per heavy atom. The number of likely N-dealkylation sites (N-methyl/N-ethyl adjacent to an activating group) is 1. The summed E-state index contributed by atoms with van der Waals surface area (Å²) in [7, 11) is 3.86. The molecule has 134 valence electrons. The van der Waals surface area contributed by atoms with Gasteiger partial charge in [-0.05, 0) is 45.3 Å². The van der Waals surface area contributed by atoms with E-state index in [4.69, 9.17) is 0 Å². The van der Waals surface area contributed by atoms with Gasteiger partial charge >= 0.3 is 0 Å². The van der Waals surface area contributed by atoms with E-state index in [1.165, 1.54) is 11.3 Å². The van der Waals surface area contributed by atoms with E-state index in [2.05, 4.69) is 26.2 Å². The number of aryl methyl sites for hydroxylation is 1. The number of hydrogen-bond donors (Lipinski definition) is 1. The van der Waals surface area contributed by atoms with Crippen LogP contribution < -0.4 is 5.32 Å². The van der Waals surface area contributed by atoms with Gasteiger partial charge in [-0.3, -0.25) is 9.59 Å². The van der Waals surface area contributed by atoms with Crippen molar-refractivity contribution in [2.75, 3.05) is 39.0 Å². The highest BCUT2D eigenvalue weighted by Gasteiger charge is 2.19. The van der Waals surface area contributed by atoms with E-state index in [-0.39, 0.29) is 18.4 Å². The van der Waals surface area contributed by atoms with Crippen molar-refractivity contribution in [3.8, 4) is 0 Å². The lowest BCUT2D eigenvalue weighted by molar-refractivity contribution is -0.116. The molecule has 0 aliphatic rings. The molecule has 2 aromatic rings. The summed E-state index contributed by atoms with van der Waals surface area (Å²) in [6.45, 7) is 2.99. The Kier molecular flexibility index (Phi) is 7.10. The van der Waals surface area contributed by atoms with Gasteiger partial charge in [0.15, 0.2) is 5.13 Å². The highest BCUT2D eigenvalue weighted by Crippen LogP contribution is 2.15. The highest BCUT2D eigenvalue weighted by atomic mass is 79.9. The maximum Gasteiger partial charge on any atom is 0.254 e. The average Bonchev–Trinajstić information content (AvgIpc) is 2.96. The average molecular weight is 425 g/mol. The molecule has 6 nitrogen and oxygen atoms in total. The van der Waals surface area contributed by atoms with Crippen molar-refractivity contribution in [1.82, 2.24) is 14.8 Å². The quantitative estimate of drug-likeness (QED) is 0.741. The van der Waals surface area contributed by atoms with Crippen LogP contribution in [0.3, 0.4) is 0 Å². The van der Waals surface area contributed by atoms with Crippen molar-refractivity contribution < 1.29 is 9.59 Å². The molecule has 0 spiro atoms. The van der Waals surface area contributed by atoms with Crippen molar-refractivity contribution in [2.45, 2.75) is 6.92 Å². The van der Waals surface area contributed by atoms with Crippen molar-refractivity contribution in [1.29, 1.82) is 0 Å². The smallest absolute Gasteiger partial charge is 0.254 e. The number of hydrogen-bond acceptors (Lipinski definition) is 5. The lowest BCUT2D eigenvalue weighted by atomic mass is 10.2. The van der Waals surface area contributed by atoms with Gasteiger partial charge in [0, 0.05) is 28.5 Å². The van der Waals surface area contributed by atoms with Crippen LogP contribution in [0.15, 0.2) is 34.1 Å². The third-order valence-electron chi connectivity index (χ3n) is 3.40. The van der Waals surface area contributed by atoms with Crippen LogP contribution in [0, 0.1) is 6.92 Å². The van der Waals surface area contributed by atoms with Gasteiger partial charge in [-0.15, -0.1) is 11.3 Å². The molecule has 0 unspecified atom stereocenters. The number of halogens is 1. The molecule has 1 N–H and O–H groups in total. The summed E-state index contributed by atoms with van der Waals surface area (Å²) in [6.07, 6.45) is 0. The molecule has 0 aliphatic heterocycles. The number of anilines is 1. The van der Waals surface area contributed by atoms with Crippen molar-refractivity contribution in [2.24, 2.45) is 0 Å². The first kappa shape index (κ1) is 19.6. The Balaban J connectivity index is 2.07. The van der Waals surface area contributed by atoms with Crippen LogP contribution in [0.25, 0.3) is 0 Å². The minimum Gasteiger partial charge on any atom is -0.328 e. The third kappa shape index (κ3) is 6.22. The molecule has 1 aromatic carbocycles. The van der Waals surface area contributed by atoms with Crippen LogP contribution >= 0.6 is 27.3 Å². The van der Waals surface area contributed by atoms with Gasteiger partial charge in [0.1, 0.15) is 6.54 Å². The number of aromatic nitrogens is 1. The molecule has 25 heavy (non-hydrogen) atoms. The molecule has 1 aromatic heterocycles. The monoisotopic (exact) mass is 424 g/mol. The largest absolute Gasteiger partial charge is 0.328 e. The van der Waals surface area contributed by atoms with Gasteiger partial charge < -0.3 is 15.1 Å². The van der Waals surface area contributed by atoms with Gasteiger partial charge in [0.25, 0.3) is 5.91 Å². The van der Waals surface area contributed by atoms with Gasteiger partial charge in [-0.2, -0.15) is 0 Å². The van der Waals surface area contributed by atoms with Crippen LogP contribution in [-0.2, 0) is 4.79 Å². The Morgan fingerprint density at radius 2 is 1.88 bits per heavy atom. The van der Waals surface area contributed by atoms with E-state index in [1.807, 2.05) is 43.4 Å². The minimum atomic E-state index is -0.251. The SMILES string of the molecule is Cc1csc(NC(=O)CN(CCN(C)C)C(=O)c2ccc(Br)cc2)n1. The summed E-state index contributed by atoms with van der Waals surface area (Å²) in [5.74, 6) is -0.418. The second-order valence-electron chi connectivity index (χ2n) is 5.88. The molecule has 0 radical (unpaired) electrons. The molecule has 0 bridgehead atoms. The molecule has 2 rings (SSSR count). The fraction of sp³-hybridized carbons (Fsp3) is 0.353. The number of carbonyl (C=O) groups is 2. The molecule has 1 heterocycles. The van der Waals surface area contributed by atoms with E-state index in [9.17, 15) is 9.59 Å². The number of nitrogens with one attached hydrogen (secondary N) is 1. The zero-order valence-electron chi connectivity index (χ0n) is 14.5. The fourth-order valence-electron chi connectivity index (χ4n) is 2.09. The molecular weight excluding hydrogens is 404 g/mol. The van der Waals surface area contributed by atoms with Crippen molar-refractivity contribution >= 4 is 44.2 Å². The molecule has 0 atom stereocenters. The number of nitrogens with zero attached hydrogens (tertiary/aromatic N) is 3. The highest BCUT2D eigenvalue weighted by molar-refractivity contribution is 9.10. The first-order valence-electron chi connectivity index (χ1n) is 7.76. The molecular formula is C17H21BrN4O2S. The number of benzene rings is 1. The van der Waals surface area contributed by atoms with Gasteiger partial charge in [0.2, 0.25) is 5.91 Å². The summed E-state index contributed by atoms with van der Waals surface area (Å²) in [5, 5.41) is 5.16. The van der Waals surface area contributed by atoms with E-state index >= 15 is 0 Å². The zero-order valence-corrected chi connectivity index (χ0v) is 16.9. The van der Waals surface area contributed by atoms with Crippen LogP contribution in [0.1, 0.15) is 16.1 Å². The maximum absolute atomic E-state index is 12.8. The topological polar surface area (TPSA) is 65.5 Å². The lowest BCUT2D eigenvalue weighted by Crippen LogP contribution is -2.41. The summed E-state index contributed by atoms with van der Waals surface area (Å²) >= 11 is 4.73. The summed E-state index contributed by atoms with van der Waals surface area (Å²) in [6, 6.07) is 7.12. The van der Waals surface area contributed by atoms with Crippen LogP contribution in [-0.4, -0.2) is 60.3 Å². The Labute approximate surface area is 160 Å². The van der Waals surface area contributed by atoms with Crippen LogP contribution in [0.2, 0.25) is 0 Å². The second kappa shape index (κ2) is 9.07. The van der Waals surface area contributed by atoms with Gasteiger partial charge in [-0.1, -0.05) is 15.9 Å². The lowest BCUT2D eigenvalue weighted by Gasteiger charge is -2.24. The Bertz CT molecular complexity index is 731. The number of rotatable bonds is 7. The van der Waals surface area contributed by atoms with E-state index in [0.717, 1.165) is 10.2 Å². The van der Waals surface area contributed by atoms with Crippen LogP contribution in [0.4, 0.5) is 5.13 Å². The van der Waals surface area contributed by atoms with Crippen molar-refractivity contribution in [3.05, 3.63) is 45.4 Å². The Hall–Kier alpha value is -1.77. The first-order chi connectivity index (χ1) is 11.8. The number of carbonyl (C=O) groups excluding carboxylic acids is 2. The standard InChI is InChI=1S/C17H21BrN4O2S/c1-12-11-25-17(19-12)20-15(23)10-22(9-8-21(2)3)16(24)13-4-6-14(18)7-5-13/h4-7,11H,8-10H2,1-3H3,(H,19,20,23). The van der Waals surface area contributed by atoms with Crippen molar-refractivity contribution in [3.63, 3.8) is 0 Å². The fourth-order valence-corrected chi connectivity index (χ4v) is 3.06. The maximum atomic E-state index is 12.8. The van der Waals surface area contributed by atoms with Gasteiger partial charge in [-0.25, -0.2) is 4.98 Å². The second-order valence-corrected chi connectivity index (χ2v) is 7.65. The predicted octanol–water partition coefficient (Wildman–Crippen LogP) is 2.86. The molecule has 0 fully saturated rings.